The molecule has 164 valence electrons. The summed E-state index contributed by atoms with van der Waals surface area (Å²) >= 11 is 0. The minimum atomic E-state index is -0.413. The molecular formula is C29H25NO3. The number of hydrogen-bond acceptors (Lipinski definition) is 3. The molecule has 0 bridgehead atoms. The molecule has 1 N–H and O–H groups in total. The van der Waals surface area contributed by atoms with Crippen molar-refractivity contribution in [3.63, 3.8) is 0 Å². The quantitative estimate of drug-likeness (QED) is 0.333. The number of aromatic nitrogens is 1. The maximum atomic E-state index is 12.5. The molecule has 0 radical (unpaired) electrons. The van der Waals surface area contributed by atoms with Gasteiger partial charge in [-0.15, -0.1) is 0 Å². The van der Waals surface area contributed by atoms with Gasteiger partial charge in [0, 0.05) is 11.9 Å². The number of ether oxygens (including phenoxy) is 1. The highest BCUT2D eigenvalue weighted by Gasteiger charge is 2.21. The molecule has 0 unspecified atom stereocenters. The Balaban J connectivity index is 1.66. The number of benzene rings is 4. The van der Waals surface area contributed by atoms with Crippen molar-refractivity contribution >= 4 is 27.8 Å². The average Bonchev–Trinajstić information content (AvgIpc) is 3.13. The van der Waals surface area contributed by atoms with Crippen LogP contribution in [0.3, 0.4) is 0 Å². The summed E-state index contributed by atoms with van der Waals surface area (Å²) in [6, 6.07) is 28.4. The Bertz CT molecular complexity index is 1480. The fourth-order valence-corrected chi connectivity index (χ4v) is 4.68. The third kappa shape index (κ3) is 3.85. The molecule has 5 aromatic rings. The molecule has 0 saturated heterocycles. The van der Waals surface area contributed by atoms with Crippen molar-refractivity contribution < 1.29 is 14.6 Å². The monoisotopic (exact) mass is 435 g/mol. The van der Waals surface area contributed by atoms with E-state index in [1.54, 1.807) is 12.1 Å². The molecule has 0 amide bonds. The van der Waals surface area contributed by atoms with Crippen LogP contribution in [0.25, 0.3) is 21.8 Å². The molecule has 0 saturated carbocycles. The van der Waals surface area contributed by atoms with Gasteiger partial charge in [0.2, 0.25) is 0 Å². The lowest BCUT2D eigenvalue weighted by Gasteiger charge is -2.11. The molecule has 0 aliphatic carbocycles. The summed E-state index contributed by atoms with van der Waals surface area (Å²) in [4.78, 5) is 12.5. The van der Waals surface area contributed by atoms with Gasteiger partial charge >= 0.3 is 5.97 Å². The van der Waals surface area contributed by atoms with E-state index in [9.17, 15) is 9.90 Å². The molecular weight excluding hydrogens is 410 g/mol. The van der Waals surface area contributed by atoms with E-state index in [1.807, 2.05) is 25.1 Å². The molecule has 0 spiro atoms. The summed E-state index contributed by atoms with van der Waals surface area (Å²) in [5.74, 6) is -0.243. The first-order valence-electron chi connectivity index (χ1n) is 11.0. The van der Waals surface area contributed by atoms with Crippen molar-refractivity contribution in [1.82, 2.24) is 4.57 Å². The highest BCUT2D eigenvalue weighted by atomic mass is 16.5. The van der Waals surface area contributed by atoms with Crippen molar-refractivity contribution in [2.75, 3.05) is 7.11 Å². The number of rotatable bonds is 5. The third-order valence-electron chi connectivity index (χ3n) is 6.10. The van der Waals surface area contributed by atoms with E-state index >= 15 is 0 Å². The highest BCUT2D eigenvalue weighted by Crippen LogP contribution is 2.38. The summed E-state index contributed by atoms with van der Waals surface area (Å²) in [5, 5.41) is 12.2. The van der Waals surface area contributed by atoms with Crippen LogP contribution in [0.1, 0.15) is 32.6 Å². The van der Waals surface area contributed by atoms with Crippen LogP contribution in [-0.2, 0) is 17.7 Å². The topological polar surface area (TPSA) is 51.5 Å². The van der Waals surface area contributed by atoms with E-state index in [2.05, 4.69) is 59.2 Å². The van der Waals surface area contributed by atoms with Gasteiger partial charge in [0.05, 0.1) is 29.1 Å². The normalized spacial score (nSPS) is 11.2. The van der Waals surface area contributed by atoms with Gasteiger partial charge in [-0.05, 0) is 59.9 Å². The first-order valence-corrected chi connectivity index (χ1v) is 11.0. The Hall–Kier alpha value is -4.05. The molecule has 0 aliphatic rings. The van der Waals surface area contributed by atoms with Crippen molar-refractivity contribution in [1.29, 1.82) is 0 Å². The first-order chi connectivity index (χ1) is 16.0. The van der Waals surface area contributed by atoms with Crippen molar-refractivity contribution in [2.24, 2.45) is 0 Å². The Morgan fingerprint density at radius 2 is 1.55 bits per heavy atom. The highest BCUT2D eigenvalue weighted by molar-refractivity contribution is 6.19. The number of nitrogens with zero attached hydrogens (tertiary/aromatic N) is 1. The molecule has 0 aliphatic heterocycles. The minimum absolute atomic E-state index is 0.169. The number of aromatic hydroxyl groups is 1. The van der Waals surface area contributed by atoms with E-state index < -0.39 is 5.97 Å². The fraction of sp³-hybridized carbons (Fsp3) is 0.138. The number of hydrogen-bond donors (Lipinski definition) is 1. The van der Waals surface area contributed by atoms with E-state index in [1.165, 1.54) is 18.2 Å². The van der Waals surface area contributed by atoms with E-state index in [0.717, 1.165) is 34.0 Å². The van der Waals surface area contributed by atoms with Crippen LogP contribution in [0.5, 0.6) is 5.75 Å². The average molecular weight is 436 g/mol. The number of carbonyl (C=O) groups is 1. The number of methoxy groups -OCH3 is 1. The third-order valence-corrected chi connectivity index (χ3v) is 6.10. The molecule has 1 aromatic heterocycles. The van der Waals surface area contributed by atoms with Crippen LogP contribution in [-0.4, -0.2) is 22.8 Å². The second kappa shape index (κ2) is 8.47. The number of phenols is 1. The van der Waals surface area contributed by atoms with Crippen LogP contribution < -0.4 is 0 Å². The van der Waals surface area contributed by atoms with Crippen molar-refractivity contribution in [2.45, 2.75) is 19.9 Å². The fourth-order valence-electron chi connectivity index (χ4n) is 4.68. The Morgan fingerprint density at radius 1 is 0.818 bits per heavy atom. The zero-order valence-electron chi connectivity index (χ0n) is 18.7. The molecule has 33 heavy (non-hydrogen) atoms. The second-order valence-corrected chi connectivity index (χ2v) is 8.44. The largest absolute Gasteiger partial charge is 0.507 e. The van der Waals surface area contributed by atoms with E-state index in [-0.39, 0.29) is 5.75 Å². The SMILES string of the molecule is COC(=O)c1cccc2c1c1c(O)cc(C)cc1n2Cc1cccc(Cc2ccccc2)c1. The van der Waals surface area contributed by atoms with Crippen LogP contribution in [0, 0.1) is 6.92 Å². The van der Waals surface area contributed by atoms with Gasteiger partial charge in [0.25, 0.3) is 0 Å². The van der Waals surface area contributed by atoms with Gasteiger partial charge in [0.1, 0.15) is 5.75 Å². The van der Waals surface area contributed by atoms with Crippen LogP contribution >= 0.6 is 0 Å². The number of carbonyl (C=O) groups excluding carboxylic acids is 1. The summed E-state index contributed by atoms with van der Waals surface area (Å²) in [6.45, 7) is 2.58. The minimum Gasteiger partial charge on any atom is -0.507 e. The van der Waals surface area contributed by atoms with Crippen LogP contribution in [0.15, 0.2) is 84.9 Å². The van der Waals surface area contributed by atoms with Gasteiger partial charge in [-0.25, -0.2) is 4.79 Å². The Morgan fingerprint density at radius 3 is 2.33 bits per heavy atom. The second-order valence-electron chi connectivity index (χ2n) is 8.44. The molecule has 4 heteroatoms. The van der Waals surface area contributed by atoms with Crippen molar-refractivity contribution in [3.05, 3.63) is 113 Å². The lowest BCUT2D eigenvalue weighted by atomic mass is 10.0. The first kappa shape index (κ1) is 20.8. The van der Waals surface area contributed by atoms with Crippen molar-refractivity contribution in [3.8, 4) is 5.75 Å². The van der Waals surface area contributed by atoms with Gasteiger partial charge < -0.3 is 14.4 Å². The summed E-state index contributed by atoms with van der Waals surface area (Å²) in [5.41, 5.74) is 6.88. The predicted octanol–water partition coefficient (Wildman–Crippen LogP) is 6.23. The molecule has 0 atom stereocenters. The number of phenolic OH excluding ortho intramolecular Hbond substituents is 1. The molecule has 5 rings (SSSR count). The molecule has 4 aromatic carbocycles. The number of fused-ring (bicyclic) bond motifs is 3. The summed E-state index contributed by atoms with van der Waals surface area (Å²) in [6.07, 6.45) is 0.869. The van der Waals surface area contributed by atoms with Gasteiger partial charge in [0.15, 0.2) is 0 Å². The predicted molar refractivity (Wildman–Crippen MR) is 132 cm³/mol. The van der Waals surface area contributed by atoms with Crippen LogP contribution in [0.4, 0.5) is 0 Å². The van der Waals surface area contributed by atoms with E-state index in [0.29, 0.717) is 17.5 Å². The lowest BCUT2D eigenvalue weighted by molar-refractivity contribution is 0.0603. The maximum Gasteiger partial charge on any atom is 0.338 e. The molecule has 4 nitrogen and oxygen atoms in total. The molecule has 1 heterocycles. The number of esters is 1. The van der Waals surface area contributed by atoms with Gasteiger partial charge in [-0.2, -0.15) is 0 Å². The van der Waals surface area contributed by atoms with E-state index in [4.69, 9.17) is 4.74 Å². The summed E-state index contributed by atoms with van der Waals surface area (Å²) < 4.78 is 7.20. The molecule has 0 fully saturated rings. The lowest BCUT2D eigenvalue weighted by Crippen LogP contribution is -2.03. The smallest absolute Gasteiger partial charge is 0.338 e. The van der Waals surface area contributed by atoms with Crippen LogP contribution in [0.2, 0.25) is 0 Å². The zero-order chi connectivity index (χ0) is 22.9. The summed E-state index contributed by atoms with van der Waals surface area (Å²) in [7, 11) is 1.38. The number of aryl methyl sites for hydroxylation is 1. The zero-order valence-corrected chi connectivity index (χ0v) is 18.7. The van der Waals surface area contributed by atoms with Gasteiger partial charge in [-0.1, -0.05) is 60.7 Å². The Labute approximate surface area is 192 Å². The Kier molecular flexibility index (Phi) is 5.35. The standard InChI is InChI=1S/C29H25NO3/c1-19-14-25-28(26(31)15-19)27-23(29(32)33-2)12-7-13-24(27)30(25)18-22-11-6-10-21(17-22)16-20-8-4-3-5-9-20/h3-15,17,31H,16,18H2,1-2H3. The maximum absolute atomic E-state index is 12.5. The van der Waals surface area contributed by atoms with Gasteiger partial charge in [-0.3, -0.25) is 0 Å².